The molecule has 0 spiro atoms. The van der Waals surface area contributed by atoms with Gasteiger partial charge in [0.1, 0.15) is 0 Å². The first-order valence-corrected chi connectivity index (χ1v) is 6.28. The van der Waals surface area contributed by atoms with Gasteiger partial charge in [0.05, 0.1) is 12.0 Å². The van der Waals surface area contributed by atoms with Crippen LogP contribution in [-0.2, 0) is 4.79 Å². The van der Waals surface area contributed by atoms with Gasteiger partial charge in [-0.3, -0.25) is 4.79 Å². The molecule has 0 radical (unpaired) electrons. The number of nitrogens with one attached hydrogen (secondary N) is 1. The molecule has 0 aromatic heterocycles. The van der Waals surface area contributed by atoms with Crippen LogP contribution in [0.1, 0.15) is 18.5 Å². The van der Waals surface area contributed by atoms with Crippen molar-refractivity contribution in [3.05, 3.63) is 66.2 Å². The summed E-state index contributed by atoms with van der Waals surface area (Å²) >= 11 is 0. The summed E-state index contributed by atoms with van der Waals surface area (Å²) in [5.74, 6) is -1.32. The number of carboxylic acid groups (broad SMARTS) is 1. The summed E-state index contributed by atoms with van der Waals surface area (Å²) in [6.07, 6.45) is 0. The lowest BCUT2D eigenvalue weighted by atomic mass is 9.94. The van der Waals surface area contributed by atoms with E-state index in [9.17, 15) is 9.90 Å². The third-order valence-corrected chi connectivity index (χ3v) is 3.14. The minimum absolute atomic E-state index is 0.249. The van der Waals surface area contributed by atoms with Crippen molar-refractivity contribution in [1.82, 2.24) is 0 Å². The van der Waals surface area contributed by atoms with E-state index in [2.05, 4.69) is 5.32 Å². The Hall–Kier alpha value is -2.29. The first-order chi connectivity index (χ1) is 9.18. The zero-order valence-electron chi connectivity index (χ0n) is 10.8. The maximum Gasteiger partial charge on any atom is 0.308 e. The fraction of sp³-hybridized carbons (Fsp3) is 0.188. The van der Waals surface area contributed by atoms with Crippen molar-refractivity contribution in [2.45, 2.75) is 13.0 Å². The summed E-state index contributed by atoms with van der Waals surface area (Å²) in [5.41, 5.74) is 1.89. The maximum atomic E-state index is 11.3. The maximum absolute atomic E-state index is 11.3. The molecule has 0 bridgehead atoms. The third kappa shape index (κ3) is 3.35. The molecule has 98 valence electrons. The lowest BCUT2D eigenvalue weighted by Gasteiger charge is -2.24. The van der Waals surface area contributed by atoms with Gasteiger partial charge in [-0.05, 0) is 24.6 Å². The Morgan fingerprint density at radius 3 is 2.05 bits per heavy atom. The molecule has 2 aromatic carbocycles. The van der Waals surface area contributed by atoms with Crippen LogP contribution in [-0.4, -0.2) is 11.1 Å². The van der Waals surface area contributed by atoms with Crippen LogP contribution in [0.25, 0.3) is 0 Å². The first-order valence-electron chi connectivity index (χ1n) is 6.28. The number of hydrogen-bond acceptors (Lipinski definition) is 2. The van der Waals surface area contributed by atoms with Gasteiger partial charge in [0.2, 0.25) is 0 Å². The van der Waals surface area contributed by atoms with Crippen LogP contribution in [0.5, 0.6) is 0 Å². The predicted molar refractivity (Wildman–Crippen MR) is 76.0 cm³/mol. The highest BCUT2D eigenvalue weighted by Gasteiger charge is 2.24. The molecule has 0 fully saturated rings. The summed E-state index contributed by atoms with van der Waals surface area (Å²) in [5, 5.41) is 12.5. The number of anilines is 1. The van der Waals surface area contributed by atoms with Gasteiger partial charge in [-0.2, -0.15) is 0 Å². The number of hydrogen-bond donors (Lipinski definition) is 2. The van der Waals surface area contributed by atoms with Crippen LogP contribution in [0.15, 0.2) is 60.7 Å². The van der Waals surface area contributed by atoms with Gasteiger partial charge in [0.25, 0.3) is 0 Å². The molecule has 0 unspecified atom stereocenters. The molecule has 0 aliphatic rings. The predicted octanol–water partition coefficient (Wildman–Crippen LogP) is 3.56. The smallest absolute Gasteiger partial charge is 0.308 e. The molecular formula is C16H17NO2. The van der Waals surface area contributed by atoms with E-state index in [0.717, 1.165) is 11.3 Å². The van der Waals surface area contributed by atoms with E-state index in [-0.39, 0.29) is 6.04 Å². The summed E-state index contributed by atoms with van der Waals surface area (Å²) in [6.45, 7) is 1.72. The Kier molecular flexibility index (Phi) is 4.18. The van der Waals surface area contributed by atoms with Crippen LogP contribution in [0.4, 0.5) is 5.69 Å². The van der Waals surface area contributed by atoms with Crippen LogP contribution in [0.2, 0.25) is 0 Å². The average molecular weight is 255 g/mol. The number of para-hydroxylation sites is 1. The highest BCUT2D eigenvalue weighted by molar-refractivity contribution is 5.71. The molecular weight excluding hydrogens is 238 g/mol. The number of carbonyl (C=O) groups is 1. The zero-order chi connectivity index (χ0) is 13.7. The molecule has 2 aromatic rings. The lowest BCUT2D eigenvalue weighted by Crippen LogP contribution is -2.25. The first kappa shape index (κ1) is 13.1. The zero-order valence-corrected chi connectivity index (χ0v) is 10.8. The second-order valence-corrected chi connectivity index (χ2v) is 4.53. The Morgan fingerprint density at radius 1 is 1.00 bits per heavy atom. The molecule has 0 saturated heterocycles. The van der Waals surface area contributed by atoms with Crippen molar-refractivity contribution in [1.29, 1.82) is 0 Å². The summed E-state index contributed by atoms with van der Waals surface area (Å²) in [6, 6.07) is 19.1. The topological polar surface area (TPSA) is 49.3 Å². The van der Waals surface area contributed by atoms with Crippen LogP contribution >= 0.6 is 0 Å². The van der Waals surface area contributed by atoms with Gasteiger partial charge in [-0.1, -0.05) is 48.5 Å². The highest BCUT2D eigenvalue weighted by Crippen LogP contribution is 2.26. The van der Waals surface area contributed by atoms with Crippen molar-refractivity contribution in [3.8, 4) is 0 Å². The molecule has 3 heteroatoms. The Labute approximate surface area is 112 Å². The quantitative estimate of drug-likeness (QED) is 0.858. The monoisotopic (exact) mass is 255 g/mol. The van der Waals surface area contributed by atoms with E-state index in [1.165, 1.54) is 0 Å². The van der Waals surface area contributed by atoms with E-state index in [1.54, 1.807) is 6.92 Å². The average Bonchev–Trinajstić information content (AvgIpc) is 2.46. The highest BCUT2D eigenvalue weighted by atomic mass is 16.4. The molecule has 2 N–H and O–H groups in total. The van der Waals surface area contributed by atoms with Gasteiger partial charge in [-0.15, -0.1) is 0 Å². The van der Waals surface area contributed by atoms with Crippen molar-refractivity contribution in [2.75, 3.05) is 5.32 Å². The number of benzene rings is 2. The van der Waals surface area contributed by atoms with E-state index < -0.39 is 11.9 Å². The Balaban J connectivity index is 2.27. The van der Waals surface area contributed by atoms with Crippen molar-refractivity contribution in [2.24, 2.45) is 5.92 Å². The standard InChI is InChI=1S/C16H17NO2/c1-12(16(18)19)15(13-8-4-2-5-9-13)17-14-10-6-3-7-11-14/h2-12,15,17H,1H3,(H,18,19)/t12-,15-/m1/s1. The number of aliphatic carboxylic acids is 1. The van der Waals surface area contributed by atoms with Crippen LogP contribution in [0.3, 0.4) is 0 Å². The van der Waals surface area contributed by atoms with Gasteiger partial charge in [0, 0.05) is 5.69 Å². The molecule has 0 aliphatic carbocycles. The van der Waals surface area contributed by atoms with Crippen LogP contribution in [0, 0.1) is 5.92 Å². The molecule has 0 amide bonds. The fourth-order valence-electron chi connectivity index (χ4n) is 2.01. The van der Waals surface area contributed by atoms with Gasteiger partial charge < -0.3 is 10.4 Å². The van der Waals surface area contributed by atoms with E-state index in [0.29, 0.717) is 0 Å². The minimum Gasteiger partial charge on any atom is -0.481 e. The SMILES string of the molecule is C[C@@H](C(=O)O)[C@@H](Nc1ccccc1)c1ccccc1. The van der Waals surface area contributed by atoms with Gasteiger partial charge in [0.15, 0.2) is 0 Å². The van der Waals surface area contributed by atoms with E-state index >= 15 is 0 Å². The Bertz CT molecular complexity index is 525. The Morgan fingerprint density at radius 2 is 1.53 bits per heavy atom. The van der Waals surface area contributed by atoms with E-state index in [1.807, 2.05) is 60.7 Å². The van der Waals surface area contributed by atoms with Gasteiger partial charge in [-0.25, -0.2) is 0 Å². The molecule has 0 heterocycles. The second kappa shape index (κ2) is 6.05. The molecule has 3 nitrogen and oxygen atoms in total. The molecule has 2 atom stereocenters. The molecule has 0 saturated carbocycles. The molecule has 0 aliphatic heterocycles. The van der Waals surface area contributed by atoms with Gasteiger partial charge >= 0.3 is 5.97 Å². The summed E-state index contributed by atoms with van der Waals surface area (Å²) < 4.78 is 0. The summed E-state index contributed by atoms with van der Waals surface area (Å²) in [4.78, 5) is 11.3. The van der Waals surface area contributed by atoms with Crippen molar-refractivity contribution >= 4 is 11.7 Å². The summed E-state index contributed by atoms with van der Waals surface area (Å²) in [7, 11) is 0. The van der Waals surface area contributed by atoms with Crippen molar-refractivity contribution < 1.29 is 9.90 Å². The van der Waals surface area contributed by atoms with E-state index in [4.69, 9.17) is 0 Å². The largest absolute Gasteiger partial charge is 0.481 e. The number of carboxylic acids is 1. The lowest BCUT2D eigenvalue weighted by molar-refractivity contribution is -0.141. The second-order valence-electron chi connectivity index (χ2n) is 4.53. The number of rotatable bonds is 5. The third-order valence-electron chi connectivity index (χ3n) is 3.14. The van der Waals surface area contributed by atoms with Crippen LogP contribution < -0.4 is 5.32 Å². The normalized spacial score (nSPS) is 13.5. The minimum atomic E-state index is -0.808. The molecule has 19 heavy (non-hydrogen) atoms. The van der Waals surface area contributed by atoms with Crippen molar-refractivity contribution in [3.63, 3.8) is 0 Å². The fourth-order valence-corrected chi connectivity index (χ4v) is 2.01. The molecule has 2 rings (SSSR count).